The number of aliphatic carboxylic acids is 1. The van der Waals surface area contributed by atoms with Crippen LogP contribution in [0.2, 0.25) is 0 Å². The summed E-state index contributed by atoms with van der Waals surface area (Å²) in [6, 6.07) is -0.369. The molecule has 1 rings (SSSR count). The summed E-state index contributed by atoms with van der Waals surface area (Å²) in [4.78, 5) is 37.4. The van der Waals surface area contributed by atoms with E-state index in [0.717, 1.165) is 12.8 Å². The van der Waals surface area contributed by atoms with Crippen LogP contribution in [0.5, 0.6) is 0 Å². The highest BCUT2D eigenvalue weighted by atomic mass is 16.4. The van der Waals surface area contributed by atoms with Crippen LogP contribution < -0.4 is 5.32 Å². The van der Waals surface area contributed by atoms with Crippen LogP contribution in [-0.2, 0) is 9.59 Å². The molecule has 0 bridgehead atoms. The maximum absolute atomic E-state index is 11.9. The van der Waals surface area contributed by atoms with Crippen molar-refractivity contribution in [3.8, 4) is 0 Å². The summed E-state index contributed by atoms with van der Waals surface area (Å²) in [5, 5.41) is 11.4. The van der Waals surface area contributed by atoms with Gasteiger partial charge in [-0.25, -0.2) is 4.79 Å². The molecule has 1 aliphatic carbocycles. The second kappa shape index (κ2) is 7.72. The average molecular weight is 285 g/mol. The van der Waals surface area contributed by atoms with E-state index in [-0.39, 0.29) is 31.5 Å². The molecule has 0 heterocycles. The topological polar surface area (TPSA) is 90.0 Å². The monoisotopic (exact) mass is 285 g/mol. The van der Waals surface area contributed by atoms with Gasteiger partial charge in [0.2, 0.25) is 5.91 Å². The number of urea groups is 1. The first-order valence-corrected chi connectivity index (χ1v) is 7.03. The third-order valence-corrected chi connectivity index (χ3v) is 3.29. The molecule has 1 aliphatic rings. The van der Waals surface area contributed by atoms with Gasteiger partial charge in [0, 0.05) is 32.1 Å². The van der Waals surface area contributed by atoms with E-state index < -0.39 is 12.0 Å². The zero-order valence-electron chi connectivity index (χ0n) is 12.1. The second-order valence-electron chi connectivity index (χ2n) is 4.80. The molecular formula is C13H23N3O4. The number of hydrogen-bond donors (Lipinski definition) is 2. The quantitative estimate of drug-likeness (QED) is 0.679. The zero-order chi connectivity index (χ0) is 15.1. The number of nitrogens with zero attached hydrogens (tertiary/aromatic N) is 2. The van der Waals surface area contributed by atoms with Gasteiger partial charge in [-0.2, -0.15) is 0 Å². The predicted octanol–water partition coefficient (Wildman–Crippen LogP) is 0.504. The van der Waals surface area contributed by atoms with Crippen molar-refractivity contribution in [2.75, 3.05) is 26.2 Å². The maximum Gasteiger partial charge on any atom is 0.323 e. The van der Waals surface area contributed by atoms with E-state index in [4.69, 9.17) is 5.11 Å². The average Bonchev–Trinajstić information content (AvgIpc) is 3.21. The summed E-state index contributed by atoms with van der Waals surface area (Å²) in [5.41, 5.74) is 0. The van der Waals surface area contributed by atoms with E-state index in [0.29, 0.717) is 13.1 Å². The van der Waals surface area contributed by atoms with Gasteiger partial charge in [-0.05, 0) is 26.7 Å². The Hall–Kier alpha value is -1.79. The minimum atomic E-state index is -1.02. The molecule has 20 heavy (non-hydrogen) atoms. The fourth-order valence-electron chi connectivity index (χ4n) is 2.01. The molecule has 0 radical (unpaired) electrons. The Labute approximate surface area is 118 Å². The van der Waals surface area contributed by atoms with Crippen molar-refractivity contribution in [3.05, 3.63) is 0 Å². The molecular weight excluding hydrogens is 262 g/mol. The van der Waals surface area contributed by atoms with E-state index in [1.54, 1.807) is 4.90 Å². The van der Waals surface area contributed by atoms with Crippen LogP contribution in [0.25, 0.3) is 0 Å². The van der Waals surface area contributed by atoms with Crippen molar-refractivity contribution in [3.63, 3.8) is 0 Å². The van der Waals surface area contributed by atoms with Gasteiger partial charge in [-0.15, -0.1) is 0 Å². The van der Waals surface area contributed by atoms with Crippen molar-refractivity contribution >= 4 is 17.9 Å². The van der Waals surface area contributed by atoms with Crippen molar-refractivity contribution in [2.24, 2.45) is 0 Å². The van der Waals surface area contributed by atoms with Gasteiger partial charge in [0.15, 0.2) is 0 Å². The summed E-state index contributed by atoms with van der Waals surface area (Å²) in [6.07, 6.45) is 1.93. The predicted molar refractivity (Wildman–Crippen MR) is 73.3 cm³/mol. The molecule has 1 saturated carbocycles. The summed E-state index contributed by atoms with van der Waals surface area (Å²) < 4.78 is 0. The van der Waals surface area contributed by atoms with Crippen molar-refractivity contribution in [1.29, 1.82) is 0 Å². The highest BCUT2D eigenvalue weighted by Crippen LogP contribution is 2.26. The molecule has 0 aromatic rings. The fourth-order valence-corrected chi connectivity index (χ4v) is 2.01. The normalized spacial score (nSPS) is 13.7. The summed E-state index contributed by atoms with van der Waals surface area (Å²) in [6.45, 7) is 5.05. The molecule has 7 heteroatoms. The number of nitrogens with one attached hydrogen (secondary N) is 1. The summed E-state index contributed by atoms with van der Waals surface area (Å²) >= 11 is 0. The molecule has 7 nitrogen and oxygen atoms in total. The Morgan fingerprint density at radius 1 is 1.20 bits per heavy atom. The van der Waals surface area contributed by atoms with Crippen LogP contribution >= 0.6 is 0 Å². The molecule has 114 valence electrons. The Kier molecular flexibility index (Phi) is 6.27. The van der Waals surface area contributed by atoms with Crippen LogP contribution in [0.15, 0.2) is 0 Å². The molecule has 0 aliphatic heterocycles. The van der Waals surface area contributed by atoms with Gasteiger partial charge in [0.1, 0.15) is 6.54 Å². The lowest BCUT2D eigenvalue weighted by molar-refractivity contribution is -0.137. The van der Waals surface area contributed by atoms with E-state index in [9.17, 15) is 14.4 Å². The minimum Gasteiger partial charge on any atom is -0.480 e. The van der Waals surface area contributed by atoms with Crippen LogP contribution in [-0.4, -0.2) is 65.0 Å². The van der Waals surface area contributed by atoms with E-state index in [1.807, 2.05) is 13.8 Å². The molecule has 0 spiro atoms. The summed E-state index contributed by atoms with van der Waals surface area (Å²) in [7, 11) is 0. The van der Waals surface area contributed by atoms with Gasteiger partial charge < -0.3 is 20.2 Å². The smallest absolute Gasteiger partial charge is 0.323 e. The standard InChI is InChI=1S/C13H23N3O4/c1-3-15(4-2)11(17)7-8-14-13(20)16(9-12(18)19)10-5-6-10/h10H,3-9H2,1-2H3,(H,14,20)(H,18,19). The minimum absolute atomic E-state index is 0.00786. The Morgan fingerprint density at radius 3 is 2.25 bits per heavy atom. The zero-order valence-corrected chi connectivity index (χ0v) is 12.1. The third kappa shape index (κ3) is 5.07. The van der Waals surface area contributed by atoms with E-state index in [2.05, 4.69) is 5.32 Å². The van der Waals surface area contributed by atoms with Crippen LogP contribution in [0.1, 0.15) is 33.1 Å². The van der Waals surface area contributed by atoms with E-state index >= 15 is 0 Å². The lowest BCUT2D eigenvalue weighted by atomic mass is 10.3. The van der Waals surface area contributed by atoms with Crippen molar-refractivity contribution in [2.45, 2.75) is 39.2 Å². The van der Waals surface area contributed by atoms with Gasteiger partial charge in [0.25, 0.3) is 0 Å². The lowest BCUT2D eigenvalue weighted by Crippen LogP contribution is -2.45. The highest BCUT2D eigenvalue weighted by Gasteiger charge is 2.33. The van der Waals surface area contributed by atoms with Crippen LogP contribution in [0.3, 0.4) is 0 Å². The van der Waals surface area contributed by atoms with Crippen molar-refractivity contribution in [1.82, 2.24) is 15.1 Å². The molecule has 0 aromatic heterocycles. The Morgan fingerprint density at radius 2 is 1.80 bits per heavy atom. The number of carbonyl (C=O) groups excluding carboxylic acids is 2. The van der Waals surface area contributed by atoms with Gasteiger partial charge in [-0.1, -0.05) is 0 Å². The lowest BCUT2D eigenvalue weighted by Gasteiger charge is -2.22. The maximum atomic E-state index is 11.9. The van der Waals surface area contributed by atoms with Crippen molar-refractivity contribution < 1.29 is 19.5 Å². The van der Waals surface area contributed by atoms with Gasteiger partial charge in [-0.3, -0.25) is 9.59 Å². The molecule has 1 fully saturated rings. The van der Waals surface area contributed by atoms with Gasteiger partial charge in [0.05, 0.1) is 0 Å². The largest absolute Gasteiger partial charge is 0.480 e. The molecule has 2 N–H and O–H groups in total. The number of rotatable bonds is 8. The highest BCUT2D eigenvalue weighted by molar-refractivity contribution is 5.81. The third-order valence-electron chi connectivity index (χ3n) is 3.29. The first kappa shape index (κ1) is 16.3. The number of carboxylic acids is 1. The number of amides is 3. The first-order valence-electron chi connectivity index (χ1n) is 7.03. The fraction of sp³-hybridized carbons (Fsp3) is 0.769. The molecule has 3 amide bonds. The van der Waals surface area contributed by atoms with Crippen LogP contribution in [0.4, 0.5) is 4.79 Å². The number of carboxylic acid groups (broad SMARTS) is 1. The summed E-state index contributed by atoms with van der Waals surface area (Å²) in [5.74, 6) is -1.03. The number of carbonyl (C=O) groups is 3. The second-order valence-corrected chi connectivity index (χ2v) is 4.80. The Balaban J connectivity index is 2.34. The molecule has 0 aromatic carbocycles. The van der Waals surface area contributed by atoms with Gasteiger partial charge >= 0.3 is 12.0 Å². The molecule has 0 atom stereocenters. The molecule has 0 unspecified atom stereocenters. The first-order chi connectivity index (χ1) is 9.49. The number of hydrogen-bond acceptors (Lipinski definition) is 3. The SMILES string of the molecule is CCN(CC)C(=O)CCNC(=O)N(CC(=O)O)C1CC1. The van der Waals surface area contributed by atoms with Crippen LogP contribution in [0, 0.1) is 0 Å². The Bertz CT molecular complexity index is 365. The molecule has 0 saturated heterocycles. The van der Waals surface area contributed by atoms with E-state index in [1.165, 1.54) is 4.90 Å².